The van der Waals surface area contributed by atoms with Crippen molar-refractivity contribution in [2.75, 3.05) is 11.8 Å². The average molecular weight is 310 g/mol. The maximum Gasteiger partial charge on any atom is 0.262 e. The van der Waals surface area contributed by atoms with E-state index in [4.69, 9.17) is 10.5 Å². The van der Waals surface area contributed by atoms with E-state index in [0.29, 0.717) is 5.56 Å². The van der Waals surface area contributed by atoms with Crippen LogP contribution in [0.1, 0.15) is 5.56 Å². The molecule has 21 heavy (non-hydrogen) atoms. The molecule has 0 radical (unpaired) electrons. The van der Waals surface area contributed by atoms with Crippen LogP contribution in [0.2, 0.25) is 0 Å². The van der Waals surface area contributed by atoms with Gasteiger partial charge < -0.3 is 10.5 Å². The molecule has 0 saturated carbocycles. The van der Waals surface area contributed by atoms with Crippen molar-refractivity contribution < 1.29 is 17.5 Å². The molecule has 5 nitrogen and oxygen atoms in total. The van der Waals surface area contributed by atoms with Crippen LogP contribution < -0.4 is 15.2 Å². The molecule has 0 aliphatic rings. The minimum absolute atomic E-state index is 0.0420. The normalized spacial score (nSPS) is 11.2. The van der Waals surface area contributed by atoms with E-state index >= 15 is 0 Å². The third-order valence-electron chi connectivity index (χ3n) is 2.89. The van der Waals surface area contributed by atoms with E-state index in [1.807, 2.05) is 0 Å². The van der Waals surface area contributed by atoms with Crippen molar-refractivity contribution in [3.8, 4) is 5.75 Å². The highest BCUT2D eigenvalue weighted by molar-refractivity contribution is 7.92. The Morgan fingerprint density at radius 3 is 2.57 bits per heavy atom. The highest BCUT2D eigenvalue weighted by Crippen LogP contribution is 2.24. The fourth-order valence-electron chi connectivity index (χ4n) is 1.87. The van der Waals surface area contributed by atoms with E-state index in [2.05, 4.69) is 4.72 Å². The van der Waals surface area contributed by atoms with Crippen molar-refractivity contribution in [1.29, 1.82) is 0 Å². The second-order valence-corrected chi connectivity index (χ2v) is 5.92. The average Bonchev–Trinajstić information content (AvgIpc) is 2.47. The van der Waals surface area contributed by atoms with Gasteiger partial charge in [-0.25, -0.2) is 12.8 Å². The zero-order valence-electron chi connectivity index (χ0n) is 11.3. The molecule has 0 aliphatic heterocycles. The van der Waals surface area contributed by atoms with E-state index < -0.39 is 15.8 Å². The summed E-state index contributed by atoms with van der Waals surface area (Å²) >= 11 is 0. The number of methoxy groups -OCH3 is 1. The first-order valence-electron chi connectivity index (χ1n) is 6.12. The Labute approximate surface area is 122 Å². The Kier molecular flexibility index (Phi) is 4.44. The third-order valence-corrected chi connectivity index (χ3v) is 4.37. The second kappa shape index (κ2) is 6.11. The Morgan fingerprint density at radius 2 is 1.95 bits per heavy atom. The van der Waals surface area contributed by atoms with Crippen LogP contribution in [0.25, 0.3) is 0 Å². The summed E-state index contributed by atoms with van der Waals surface area (Å²) in [7, 11) is -2.50. The number of hydrogen-bond donors (Lipinski definition) is 2. The molecule has 0 bridgehead atoms. The molecule has 0 amide bonds. The SMILES string of the molecule is COc1ccc(NS(=O)(=O)c2ccccc2CN)cc1F. The number of nitrogens with one attached hydrogen (secondary N) is 1. The third kappa shape index (κ3) is 3.32. The summed E-state index contributed by atoms with van der Waals surface area (Å²) in [5, 5.41) is 0. The molecule has 0 unspecified atom stereocenters. The molecule has 112 valence electrons. The van der Waals surface area contributed by atoms with Crippen molar-refractivity contribution in [3.63, 3.8) is 0 Å². The number of benzene rings is 2. The Bertz CT molecular complexity index is 748. The summed E-state index contributed by atoms with van der Waals surface area (Å²) in [5.74, 6) is -0.606. The Morgan fingerprint density at radius 1 is 1.24 bits per heavy atom. The quantitative estimate of drug-likeness (QED) is 0.886. The minimum Gasteiger partial charge on any atom is -0.494 e. The Balaban J connectivity index is 2.35. The maximum absolute atomic E-state index is 13.6. The van der Waals surface area contributed by atoms with Crippen LogP contribution in [0.4, 0.5) is 10.1 Å². The van der Waals surface area contributed by atoms with Gasteiger partial charge in [0.15, 0.2) is 11.6 Å². The van der Waals surface area contributed by atoms with Gasteiger partial charge in [0.2, 0.25) is 0 Å². The fraction of sp³-hybridized carbons (Fsp3) is 0.143. The molecule has 0 aromatic heterocycles. The summed E-state index contributed by atoms with van der Waals surface area (Å²) in [6.45, 7) is 0.0913. The largest absolute Gasteiger partial charge is 0.494 e. The van der Waals surface area contributed by atoms with Gasteiger partial charge >= 0.3 is 0 Å². The lowest BCUT2D eigenvalue weighted by Crippen LogP contribution is -2.16. The number of nitrogens with two attached hydrogens (primary N) is 1. The summed E-state index contributed by atoms with van der Waals surface area (Å²) in [5.41, 5.74) is 6.13. The molecule has 3 N–H and O–H groups in total. The highest BCUT2D eigenvalue weighted by Gasteiger charge is 2.18. The highest BCUT2D eigenvalue weighted by atomic mass is 32.2. The van der Waals surface area contributed by atoms with Crippen LogP contribution >= 0.6 is 0 Å². The minimum atomic E-state index is -3.83. The smallest absolute Gasteiger partial charge is 0.262 e. The molecule has 0 spiro atoms. The molecule has 2 aromatic carbocycles. The summed E-state index contributed by atoms with van der Waals surface area (Å²) < 4.78 is 45.4. The molecular weight excluding hydrogens is 295 g/mol. The molecule has 0 fully saturated rings. The molecule has 7 heteroatoms. The van der Waals surface area contributed by atoms with E-state index in [-0.39, 0.29) is 22.9 Å². The van der Waals surface area contributed by atoms with Gasteiger partial charge in [0.25, 0.3) is 10.0 Å². The van der Waals surface area contributed by atoms with Crippen LogP contribution in [0.5, 0.6) is 5.75 Å². The monoisotopic (exact) mass is 310 g/mol. The first-order chi connectivity index (χ1) is 9.97. The van der Waals surface area contributed by atoms with Gasteiger partial charge in [-0.3, -0.25) is 4.72 Å². The van der Waals surface area contributed by atoms with Gasteiger partial charge in [-0.05, 0) is 23.8 Å². The molecule has 0 saturated heterocycles. The van der Waals surface area contributed by atoms with Crippen LogP contribution in [0.15, 0.2) is 47.4 Å². The number of sulfonamides is 1. The lowest BCUT2D eigenvalue weighted by Gasteiger charge is -2.12. The molecule has 0 aliphatic carbocycles. The van der Waals surface area contributed by atoms with E-state index in [0.717, 1.165) is 6.07 Å². The topological polar surface area (TPSA) is 81.4 Å². The first kappa shape index (κ1) is 15.3. The first-order valence-corrected chi connectivity index (χ1v) is 7.60. The van der Waals surface area contributed by atoms with Gasteiger partial charge in [-0.15, -0.1) is 0 Å². The van der Waals surface area contributed by atoms with Crippen LogP contribution in [0, 0.1) is 5.82 Å². The molecule has 0 heterocycles. The van der Waals surface area contributed by atoms with Crippen LogP contribution in [0.3, 0.4) is 0 Å². The van der Waals surface area contributed by atoms with Gasteiger partial charge in [0.1, 0.15) is 0 Å². The number of ether oxygens (including phenoxy) is 1. The fourth-order valence-corrected chi connectivity index (χ4v) is 3.18. The number of hydrogen-bond acceptors (Lipinski definition) is 4. The number of anilines is 1. The zero-order chi connectivity index (χ0) is 15.5. The predicted octanol–water partition coefficient (Wildman–Crippen LogP) is 2.09. The van der Waals surface area contributed by atoms with Crippen molar-refractivity contribution in [2.45, 2.75) is 11.4 Å². The molecule has 0 atom stereocenters. The predicted molar refractivity (Wildman–Crippen MR) is 78.1 cm³/mol. The number of halogens is 1. The number of rotatable bonds is 5. The van der Waals surface area contributed by atoms with E-state index in [1.54, 1.807) is 18.2 Å². The summed E-state index contributed by atoms with van der Waals surface area (Å²) in [4.78, 5) is 0.0729. The van der Waals surface area contributed by atoms with E-state index in [1.165, 1.54) is 25.3 Å². The standard InChI is InChI=1S/C14H15FN2O3S/c1-20-13-7-6-11(8-12(13)15)17-21(18,19)14-5-3-2-4-10(14)9-16/h2-8,17H,9,16H2,1H3. The summed E-state index contributed by atoms with van der Waals surface area (Å²) in [6, 6.07) is 10.2. The lowest BCUT2D eigenvalue weighted by atomic mass is 10.2. The van der Waals surface area contributed by atoms with Crippen molar-refractivity contribution in [1.82, 2.24) is 0 Å². The van der Waals surface area contributed by atoms with Gasteiger partial charge in [-0.2, -0.15) is 0 Å². The van der Waals surface area contributed by atoms with Crippen molar-refractivity contribution in [2.24, 2.45) is 5.73 Å². The summed E-state index contributed by atoms with van der Waals surface area (Å²) in [6.07, 6.45) is 0. The van der Waals surface area contributed by atoms with Crippen molar-refractivity contribution in [3.05, 3.63) is 53.8 Å². The zero-order valence-corrected chi connectivity index (χ0v) is 12.2. The van der Waals surface area contributed by atoms with Crippen molar-refractivity contribution >= 4 is 15.7 Å². The molecule has 2 aromatic rings. The maximum atomic E-state index is 13.6. The van der Waals surface area contributed by atoms with E-state index in [9.17, 15) is 12.8 Å². The van der Waals surface area contributed by atoms with Gasteiger partial charge in [-0.1, -0.05) is 18.2 Å². The lowest BCUT2D eigenvalue weighted by molar-refractivity contribution is 0.386. The van der Waals surface area contributed by atoms with Crippen LogP contribution in [-0.2, 0) is 16.6 Å². The van der Waals surface area contributed by atoms with Crippen LogP contribution in [-0.4, -0.2) is 15.5 Å². The molecular formula is C14H15FN2O3S. The molecule has 2 rings (SSSR count). The second-order valence-electron chi connectivity index (χ2n) is 4.27. The van der Waals surface area contributed by atoms with Gasteiger partial charge in [0, 0.05) is 12.6 Å². The van der Waals surface area contributed by atoms with Gasteiger partial charge in [0.05, 0.1) is 17.7 Å². The Hall–Kier alpha value is -2.12.